The third-order valence-electron chi connectivity index (χ3n) is 2.83. The molecular formula is C13H21N3O3S. The van der Waals surface area contributed by atoms with E-state index in [2.05, 4.69) is 10.0 Å². The summed E-state index contributed by atoms with van der Waals surface area (Å²) in [5.74, 6) is -0.184. The molecule has 0 aliphatic rings. The third kappa shape index (κ3) is 4.50. The molecule has 0 saturated carbocycles. The van der Waals surface area contributed by atoms with E-state index in [9.17, 15) is 13.2 Å². The second-order valence-corrected chi connectivity index (χ2v) is 6.08. The number of nitrogens with two attached hydrogens (primary N) is 1. The molecule has 0 aromatic heterocycles. The van der Waals surface area contributed by atoms with Crippen LogP contribution in [0.5, 0.6) is 0 Å². The lowest BCUT2D eigenvalue weighted by Gasteiger charge is -2.09. The van der Waals surface area contributed by atoms with Gasteiger partial charge in [0.15, 0.2) is 0 Å². The number of aryl methyl sites for hydroxylation is 1. The summed E-state index contributed by atoms with van der Waals surface area (Å²) in [6.07, 6.45) is 0.854. The molecule has 6 nitrogen and oxygen atoms in total. The highest BCUT2D eigenvalue weighted by molar-refractivity contribution is 7.89. The van der Waals surface area contributed by atoms with Crippen LogP contribution >= 0.6 is 0 Å². The van der Waals surface area contributed by atoms with E-state index >= 15 is 0 Å². The number of amides is 1. The number of benzene rings is 1. The predicted molar refractivity (Wildman–Crippen MR) is 78.7 cm³/mol. The largest absolute Gasteiger partial charge is 0.398 e. The number of rotatable bonds is 7. The van der Waals surface area contributed by atoms with Gasteiger partial charge in [-0.2, -0.15) is 0 Å². The van der Waals surface area contributed by atoms with E-state index in [1.54, 1.807) is 13.0 Å². The van der Waals surface area contributed by atoms with Gasteiger partial charge in [0.05, 0.1) is 4.90 Å². The van der Waals surface area contributed by atoms with Crippen LogP contribution in [0.2, 0.25) is 0 Å². The van der Waals surface area contributed by atoms with Gasteiger partial charge in [0.25, 0.3) is 0 Å². The van der Waals surface area contributed by atoms with Crippen LogP contribution in [0.4, 0.5) is 5.69 Å². The normalized spacial score (nSPS) is 11.3. The Morgan fingerprint density at radius 1 is 1.30 bits per heavy atom. The van der Waals surface area contributed by atoms with Crippen LogP contribution in [-0.2, 0) is 21.2 Å². The number of anilines is 1. The van der Waals surface area contributed by atoms with E-state index in [0.717, 1.165) is 12.0 Å². The Morgan fingerprint density at radius 2 is 2.00 bits per heavy atom. The lowest BCUT2D eigenvalue weighted by atomic mass is 10.1. The Bertz CT molecular complexity index is 570. The highest BCUT2D eigenvalue weighted by Crippen LogP contribution is 2.18. The summed E-state index contributed by atoms with van der Waals surface area (Å²) in [4.78, 5) is 11.4. The molecule has 1 rings (SSSR count). The molecule has 0 aliphatic carbocycles. The van der Waals surface area contributed by atoms with Crippen LogP contribution in [0.1, 0.15) is 25.8 Å². The van der Waals surface area contributed by atoms with Crippen LogP contribution in [0.15, 0.2) is 23.1 Å². The van der Waals surface area contributed by atoms with Crippen molar-refractivity contribution in [3.8, 4) is 0 Å². The van der Waals surface area contributed by atoms with E-state index in [0.29, 0.717) is 12.2 Å². The van der Waals surface area contributed by atoms with Gasteiger partial charge < -0.3 is 11.1 Å². The van der Waals surface area contributed by atoms with Crippen molar-refractivity contribution in [3.63, 3.8) is 0 Å². The number of hydrogen-bond donors (Lipinski definition) is 3. The Kier molecular flexibility index (Phi) is 5.97. The number of nitrogen functional groups attached to an aromatic ring is 1. The molecule has 0 aliphatic heterocycles. The SMILES string of the molecule is CCNC(=O)CCNS(=O)(=O)c1ccc(CC)c(N)c1. The first-order valence-corrected chi connectivity index (χ1v) is 8.03. The number of carbonyl (C=O) groups is 1. The zero-order valence-corrected chi connectivity index (χ0v) is 12.6. The van der Waals surface area contributed by atoms with E-state index in [1.807, 2.05) is 6.92 Å². The van der Waals surface area contributed by atoms with Gasteiger partial charge in [0, 0.05) is 25.2 Å². The van der Waals surface area contributed by atoms with Crippen molar-refractivity contribution in [1.29, 1.82) is 0 Å². The zero-order chi connectivity index (χ0) is 15.2. The van der Waals surface area contributed by atoms with Crippen LogP contribution in [0.3, 0.4) is 0 Å². The predicted octanol–water partition coefficient (Wildman–Crippen LogP) is 0.636. The van der Waals surface area contributed by atoms with Crippen LogP contribution in [0.25, 0.3) is 0 Å². The quantitative estimate of drug-likeness (QED) is 0.643. The zero-order valence-electron chi connectivity index (χ0n) is 11.8. The van der Waals surface area contributed by atoms with Crippen molar-refractivity contribution in [3.05, 3.63) is 23.8 Å². The van der Waals surface area contributed by atoms with Crippen LogP contribution in [-0.4, -0.2) is 27.4 Å². The lowest BCUT2D eigenvalue weighted by Crippen LogP contribution is -2.30. The standard InChI is InChI=1S/C13H21N3O3S/c1-3-10-5-6-11(9-12(10)14)20(18,19)16-8-7-13(17)15-4-2/h5-6,9,16H,3-4,7-8,14H2,1-2H3,(H,15,17). The molecule has 0 fully saturated rings. The van der Waals surface area contributed by atoms with Gasteiger partial charge in [-0.15, -0.1) is 0 Å². The fourth-order valence-electron chi connectivity index (χ4n) is 1.73. The fourth-order valence-corrected chi connectivity index (χ4v) is 2.80. The van der Waals surface area contributed by atoms with Gasteiger partial charge in [0.1, 0.15) is 0 Å². The molecular weight excluding hydrogens is 278 g/mol. The summed E-state index contributed by atoms with van der Waals surface area (Å²) >= 11 is 0. The van der Waals surface area contributed by atoms with Crippen molar-refractivity contribution in [2.75, 3.05) is 18.8 Å². The molecule has 1 aromatic carbocycles. The van der Waals surface area contributed by atoms with Gasteiger partial charge >= 0.3 is 0 Å². The maximum Gasteiger partial charge on any atom is 0.240 e. The molecule has 0 spiro atoms. The molecule has 0 saturated heterocycles. The highest BCUT2D eigenvalue weighted by Gasteiger charge is 2.15. The van der Waals surface area contributed by atoms with Gasteiger partial charge in [-0.25, -0.2) is 13.1 Å². The molecule has 0 atom stereocenters. The van der Waals surface area contributed by atoms with Gasteiger partial charge in [-0.05, 0) is 31.0 Å². The first-order chi connectivity index (χ1) is 9.40. The molecule has 0 heterocycles. The lowest BCUT2D eigenvalue weighted by molar-refractivity contribution is -0.120. The smallest absolute Gasteiger partial charge is 0.240 e. The van der Waals surface area contributed by atoms with Crippen molar-refractivity contribution in [2.45, 2.75) is 31.6 Å². The molecule has 0 bridgehead atoms. The number of hydrogen-bond acceptors (Lipinski definition) is 4. The fraction of sp³-hybridized carbons (Fsp3) is 0.462. The summed E-state index contributed by atoms with van der Waals surface area (Å²) in [7, 11) is -3.63. The molecule has 1 amide bonds. The molecule has 0 unspecified atom stereocenters. The molecule has 20 heavy (non-hydrogen) atoms. The van der Waals surface area contributed by atoms with Gasteiger partial charge in [0.2, 0.25) is 15.9 Å². The van der Waals surface area contributed by atoms with Crippen molar-refractivity contribution in [2.24, 2.45) is 0 Å². The van der Waals surface area contributed by atoms with Crippen molar-refractivity contribution in [1.82, 2.24) is 10.0 Å². The highest BCUT2D eigenvalue weighted by atomic mass is 32.2. The molecule has 7 heteroatoms. The minimum atomic E-state index is -3.63. The summed E-state index contributed by atoms with van der Waals surface area (Å²) in [5.41, 5.74) is 7.15. The van der Waals surface area contributed by atoms with Crippen molar-refractivity contribution < 1.29 is 13.2 Å². The van der Waals surface area contributed by atoms with E-state index < -0.39 is 10.0 Å². The summed E-state index contributed by atoms with van der Waals surface area (Å²) in [6.45, 7) is 4.34. The maximum absolute atomic E-state index is 12.0. The first kappa shape index (κ1) is 16.5. The third-order valence-corrected chi connectivity index (χ3v) is 4.29. The summed E-state index contributed by atoms with van der Waals surface area (Å²) < 4.78 is 26.4. The topological polar surface area (TPSA) is 101 Å². The Hall–Kier alpha value is -1.60. The number of nitrogens with one attached hydrogen (secondary N) is 2. The van der Waals surface area contributed by atoms with Crippen molar-refractivity contribution >= 4 is 21.6 Å². The number of carbonyl (C=O) groups excluding carboxylic acids is 1. The molecule has 112 valence electrons. The minimum absolute atomic E-state index is 0.0591. The maximum atomic E-state index is 12.0. The monoisotopic (exact) mass is 299 g/mol. The van der Waals surface area contributed by atoms with Crippen LogP contribution < -0.4 is 15.8 Å². The van der Waals surface area contributed by atoms with Gasteiger partial charge in [-0.1, -0.05) is 13.0 Å². The molecule has 4 N–H and O–H groups in total. The summed E-state index contributed by atoms with van der Waals surface area (Å²) in [5, 5.41) is 2.60. The Morgan fingerprint density at radius 3 is 2.55 bits per heavy atom. The van der Waals surface area contributed by atoms with E-state index in [1.165, 1.54) is 12.1 Å². The average Bonchev–Trinajstić information content (AvgIpc) is 2.38. The second kappa shape index (κ2) is 7.25. The minimum Gasteiger partial charge on any atom is -0.398 e. The number of sulfonamides is 1. The average molecular weight is 299 g/mol. The van der Waals surface area contributed by atoms with E-state index in [-0.39, 0.29) is 23.8 Å². The summed E-state index contributed by atoms with van der Waals surface area (Å²) in [6, 6.07) is 4.66. The van der Waals surface area contributed by atoms with Crippen LogP contribution in [0, 0.1) is 0 Å². The van der Waals surface area contributed by atoms with Gasteiger partial charge in [-0.3, -0.25) is 4.79 Å². The first-order valence-electron chi connectivity index (χ1n) is 6.55. The Labute approximate surface area is 119 Å². The van der Waals surface area contributed by atoms with E-state index in [4.69, 9.17) is 5.73 Å². The second-order valence-electron chi connectivity index (χ2n) is 4.32. The Balaban J connectivity index is 2.69. The molecule has 1 aromatic rings. The molecule has 0 radical (unpaired) electrons.